The van der Waals surface area contributed by atoms with Crippen molar-refractivity contribution in [3.05, 3.63) is 109 Å². The van der Waals surface area contributed by atoms with Gasteiger partial charge in [-0.15, -0.1) is 0 Å². The molecule has 0 aliphatic heterocycles. The van der Waals surface area contributed by atoms with E-state index < -0.39 is 13.3 Å². The minimum absolute atomic E-state index is 1.02. The summed E-state index contributed by atoms with van der Waals surface area (Å²) in [6, 6.07) is 37.2. The normalized spacial score (nSPS) is 11.6. The molecule has 1 aromatic heterocycles. The molecule has 0 aliphatic rings. The number of fused-ring (bicyclic) bond motifs is 1. The van der Waals surface area contributed by atoms with E-state index in [9.17, 15) is 0 Å². The summed E-state index contributed by atoms with van der Waals surface area (Å²) in [5.74, 6) is 7.34. The third-order valence-electron chi connectivity index (χ3n) is 6.37. The van der Waals surface area contributed by atoms with Crippen LogP contribution in [0.15, 0.2) is 103 Å². The van der Waals surface area contributed by atoms with Crippen molar-refractivity contribution in [2.24, 2.45) is 0 Å². The van der Waals surface area contributed by atoms with Gasteiger partial charge in [0.1, 0.15) is 0 Å². The molecule has 0 saturated heterocycles. The predicted molar refractivity (Wildman–Crippen MR) is 146 cm³/mol. The van der Waals surface area contributed by atoms with E-state index in [0.29, 0.717) is 0 Å². The fourth-order valence-corrected chi connectivity index (χ4v) is 6.90. The van der Waals surface area contributed by atoms with Crippen molar-refractivity contribution < 1.29 is 0 Å². The van der Waals surface area contributed by atoms with E-state index in [2.05, 4.69) is 127 Å². The molecule has 2 heteroatoms. The summed E-state index contributed by atoms with van der Waals surface area (Å²) in [7, 11) is 0. The summed E-state index contributed by atoms with van der Waals surface area (Å²) in [4.78, 5) is 5.12. The van der Waals surface area contributed by atoms with Gasteiger partial charge in [-0.05, 0) is 0 Å². The van der Waals surface area contributed by atoms with Crippen LogP contribution in [0, 0.1) is 6.92 Å². The van der Waals surface area contributed by atoms with E-state index in [-0.39, 0.29) is 0 Å². The Balaban J connectivity index is 1.69. The summed E-state index contributed by atoms with van der Waals surface area (Å²) < 4.78 is 1.51. The van der Waals surface area contributed by atoms with E-state index in [1.54, 1.807) is 0 Å². The van der Waals surface area contributed by atoms with Gasteiger partial charge < -0.3 is 0 Å². The summed E-state index contributed by atoms with van der Waals surface area (Å²) in [5.41, 5.74) is 9.52. The molecule has 0 aliphatic carbocycles. The fourth-order valence-electron chi connectivity index (χ4n) is 4.46. The molecule has 0 bridgehead atoms. The van der Waals surface area contributed by atoms with Crippen LogP contribution in [-0.2, 0) is 0 Å². The summed E-state index contributed by atoms with van der Waals surface area (Å²) in [6.07, 6.45) is 0. The Morgan fingerprint density at radius 1 is 0.576 bits per heavy atom. The molecule has 0 amide bonds. The van der Waals surface area contributed by atoms with Gasteiger partial charge in [-0.1, -0.05) is 18.2 Å². The molecule has 162 valence electrons. The number of nitrogens with zero attached hydrogens (tertiary/aromatic N) is 1. The first-order chi connectivity index (χ1) is 15.9. The maximum atomic E-state index is 5.12. The van der Waals surface area contributed by atoms with Gasteiger partial charge in [-0.3, -0.25) is 0 Å². The molecular formula is C31H29GeN. The molecule has 5 rings (SSSR count). The average Bonchev–Trinajstić information content (AvgIpc) is 2.83. The molecule has 0 N–H and O–H groups in total. The molecule has 0 atom stereocenters. The van der Waals surface area contributed by atoms with Crippen molar-refractivity contribution in [3.8, 4) is 33.5 Å². The van der Waals surface area contributed by atoms with Gasteiger partial charge in [0.15, 0.2) is 0 Å². The molecule has 1 nitrogen and oxygen atoms in total. The van der Waals surface area contributed by atoms with Crippen LogP contribution in [-0.4, -0.2) is 18.3 Å². The molecule has 33 heavy (non-hydrogen) atoms. The molecule has 0 fully saturated rings. The second kappa shape index (κ2) is 8.64. The van der Waals surface area contributed by atoms with Crippen molar-refractivity contribution in [1.29, 1.82) is 0 Å². The van der Waals surface area contributed by atoms with E-state index in [1.807, 2.05) is 0 Å². The zero-order valence-electron chi connectivity index (χ0n) is 19.8. The quantitative estimate of drug-likeness (QED) is 0.233. The molecule has 0 spiro atoms. The van der Waals surface area contributed by atoms with Crippen LogP contribution in [0.4, 0.5) is 0 Å². The summed E-state index contributed by atoms with van der Waals surface area (Å²) in [5, 5.41) is 1.25. The Bertz CT molecular complexity index is 1430. The van der Waals surface area contributed by atoms with Gasteiger partial charge in [0, 0.05) is 0 Å². The van der Waals surface area contributed by atoms with Crippen molar-refractivity contribution in [1.82, 2.24) is 4.98 Å². The van der Waals surface area contributed by atoms with Gasteiger partial charge in [0.05, 0.1) is 0 Å². The molecule has 5 aromatic rings. The van der Waals surface area contributed by atoms with Crippen LogP contribution >= 0.6 is 0 Å². The second-order valence-corrected chi connectivity index (χ2v) is 20.5. The monoisotopic (exact) mass is 489 g/mol. The van der Waals surface area contributed by atoms with Crippen LogP contribution < -0.4 is 4.40 Å². The number of hydrogen-bond acceptors (Lipinski definition) is 1. The summed E-state index contributed by atoms with van der Waals surface area (Å²) in [6.45, 7) is 2.19. The van der Waals surface area contributed by atoms with Crippen LogP contribution in [0.5, 0.6) is 0 Å². The van der Waals surface area contributed by atoms with Gasteiger partial charge in [0.2, 0.25) is 0 Å². The minimum atomic E-state index is -1.96. The molecular weight excluding hydrogens is 459 g/mol. The number of aryl methyl sites for hydroxylation is 1. The van der Waals surface area contributed by atoms with E-state index in [0.717, 1.165) is 16.8 Å². The van der Waals surface area contributed by atoms with Gasteiger partial charge >= 0.3 is 182 Å². The van der Waals surface area contributed by atoms with E-state index in [4.69, 9.17) is 4.98 Å². The number of aromatic nitrogens is 1. The van der Waals surface area contributed by atoms with Crippen molar-refractivity contribution in [3.63, 3.8) is 0 Å². The Morgan fingerprint density at radius 3 is 1.82 bits per heavy atom. The number of benzene rings is 4. The Hall–Kier alpha value is -3.17. The van der Waals surface area contributed by atoms with Gasteiger partial charge in [-0.25, -0.2) is 0 Å². The van der Waals surface area contributed by atoms with E-state index in [1.165, 1.54) is 37.6 Å². The molecule has 0 radical (unpaired) electrons. The Morgan fingerprint density at radius 2 is 1.21 bits per heavy atom. The fraction of sp³-hybridized carbons (Fsp3) is 0.129. The SMILES string of the molecule is Cc1cc(-c2cc(-c3ccccc3)c3c[c]([Ge]([CH3])([CH3])[CH3])ccc3n2)ccc1-c1ccccc1. The first kappa shape index (κ1) is 21.7. The maximum absolute atomic E-state index is 5.12. The van der Waals surface area contributed by atoms with Gasteiger partial charge in [0.25, 0.3) is 0 Å². The Kier molecular flexibility index (Phi) is 5.68. The van der Waals surface area contributed by atoms with Crippen LogP contribution in [0.2, 0.25) is 17.3 Å². The molecule has 1 heterocycles. The summed E-state index contributed by atoms with van der Waals surface area (Å²) >= 11 is -1.96. The zero-order chi connectivity index (χ0) is 23.0. The molecule has 0 saturated carbocycles. The average molecular weight is 488 g/mol. The number of rotatable bonds is 4. The smallest absolute Gasteiger partial charge is 0.0622 e. The first-order valence-corrected chi connectivity index (χ1v) is 18.9. The predicted octanol–water partition coefficient (Wildman–Crippen LogP) is 8.09. The number of pyridine rings is 1. The first-order valence-electron chi connectivity index (χ1n) is 11.6. The third-order valence-corrected chi connectivity index (χ3v) is 10.7. The minimum Gasteiger partial charge on any atom is -0.0622 e. The molecule has 0 unspecified atom stereocenters. The standard InChI is InChI=1S/C31H29GeN/c1-22-19-25(15-17-27(22)23-11-7-5-8-12-23)31-21-28(24-13-9-6-10-14-24)29-20-26(32(2,3)4)16-18-30(29)33-31/h5-21H,1-4H3. The van der Waals surface area contributed by atoms with Crippen molar-refractivity contribution >= 4 is 28.6 Å². The van der Waals surface area contributed by atoms with Crippen LogP contribution in [0.1, 0.15) is 5.56 Å². The van der Waals surface area contributed by atoms with Crippen LogP contribution in [0.25, 0.3) is 44.4 Å². The third kappa shape index (κ3) is 4.38. The second-order valence-electron chi connectivity index (χ2n) is 9.80. The number of hydrogen-bond donors (Lipinski definition) is 0. The van der Waals surface area contributed by atoms with E-state index >= 15 is 0 Å². The zero-order valence-corrected chi connectivity index (χ0v) is 21.9. The van der Waals surface area contributed by atoms with Crippen LogP contribution in [0.3, 0.4) is 0 Å². The topological polar surface area (TPSA) is 12.9 Å². The molecule has 4 aromatic carbocycles. The van der Waals surface area contributed by atoms with Crippen molar-refractivity contribution in [2.45, 2.75) is 24.2 Å². The Labute approximate surface area is 199 Å². The van der Waals surface area contributed by atoms with Gasteiger partial charge in [-0.2, -0.15) is 0 Å². The van der Waals surface area contributed by atoms with Crippen molar-refractivity contribution in [2.75, 3.05) is 0 Å².